The Kier molecular flexibility index (Phi) is 14.3. The Hall–Kier alpha value is -6.03. The van der Waals surface area contributed by atoms with Crippen molar-refractivity contribution < 1.29 is 54.3 Å². The van der Waals surface area contributed by atoms with Gasteiger partial charge >= 0.3 is 11.9 Å². The van der Waals surface area contributed by atoms with Gasteiger partial charge in [-0.25, -0.2) is 36.7 Å². The molecule has 0 aliphatic carbocycles. The van der Waals surface area contributed by atoms with Crippen molar-refractivity contribution in [2.24, 2.45) is 16.0 Å². The van der Waals surface area contributed by atoms with Gasteiger partial charge in [-0.3, -0.25) is 0 Å². The highest BCUT2D eigenvalue weighted by molar-refractivity contribution is 7.89. The van der Waals surface area contributed by atoms with Gasteiger partial charge in [0.15, 0.2) is 0 Å². The van der Waals surface area contributed by atoms with Gasteiger partial charge in [0.1, 0.15) is 32.8 Å². The molecular weight excluding hydrogens is 784 g/mol. The lowest BCUT2D eigenvalue weighted by Crippen LogP contribution is -2.17. The fourth-order valence-electron chi connectivity index (χ4n) is 4.59. The molecule has 0 atom stereocenters. The molecule has 0 amide bonds. The number of carboxylic acid groups (broad SMARTS) is 2. The largest absolute Gasteiger partial charge is 0.478 e. The summed E-state index contributed by atoms with van der Waals surface area (Å²) in [6.07, 6.45) is 6.07. The SMILES string of the molecule is NCc1ccco1.NS(=O)(=O)c1cc(C(=O)O)c(NCc2ccco2)cc1Cl.NS(=O)(=O)c1cc(C(=O)O)c(NCc2ccco2)cc1NCc1ccco1. The Morgan fingerprint density at radius 1 is 0.582 bits per heavy atom. The number of aromatic carboxylic acids is 2. The van der Waals surface area contributed by atoms with Crippen LogP contribution in [0.25, 0.3) is 0 Å². The van der Waals surface area contributed by atoms with Crippen LogP contribution in [0.5, 0.6) is 0 Å². The van der Waals surface area contributed by atoms with Crippen molar-refractivity contribution in [1.82, 2.24) is 0 Å². The fourth-order valence-corrected chi connectivity index (χ4v) is 6.41. The smallest absolute Gasteiger partial charge is 0.337 e. The van der Waals surface area contributed by atoms with Gasteiger partial charge in [0.05, 0.1) is 84.4 Å². The number of benzene rings is 2. The number of furan rings is 4. The van der Waals surface area contributed by atoms with Crippen LogP contribution in [0.1, 0.15) is 43.8 Å². The van der Waals surface area contributed by atoms with Crippen molar-refractivity contribution in [3.8, 4) is 0 Å². The topological polar surface area (TPSA) is 310 Å². The monoisotopic (exact) mass is 818 g/mol. The zero-order valence-electron chi connectivity index (χ0n) is 28.5. The molecule has 21 heteroatoms. The van der Waals surface area contributed by atoms with Gasteiger partial charge in [0.25, 0.3) is 0 Å². The number of hydrogen-bond donors (Lipinski definition) is 8. The first kappa shape index (κ1) is 41.7. The summed E-state index contributed by atoms with van der Waals surface area (Å²) in [5, 5.41) is 37.4. The van der Waals surface area contributed by atoms with Crippen molar-refractivity contribution in [2.75, 3.05) is 16.0 Å². The van der Waals surface area contributed by atoms with Gasteiger partial charge in [-0.2, -0.15) is 0 Å². The molecule has 18 nitrogen and oxygen atoms in total. The molecule has 4 heterocycles. The van der Waals surface area contributed by atoms with Crippen LogP contribution >= 0.6 is 11.6 Å². The third-order valence-electron chi connectivity index (χ3n) is 7.15. The Morgan fingerprint density at radius 2 is 0.945 bits per heavy atom. The van der Waals surface area contributed by atoms with E-state index < -0.39 is 36.9 Å². The molecule has 55 heavy (non-hydrogen) atoms. The van der Waals surface area contributed by atoms with E-state index in [-0.39, 0.29) is 57.7 Å². The number of carbonyl (C=O) groups is 2. The molecule has 6 rings (SSSR count). The minimum absolute atomic E-state index is 0.154. The average Bonchev–Trinajstić information content (AvgIpc) is 3.97. The second-order valence-corrected chi connectivity index (χ2v) is 14.5. The summed E-state index contributed by atoms with van der Waals surface area (Å²) in [4.78, 5) is 22.1. The number of anilines is 3. The molecule has 292 valence electrons. The first-order valence-corrected chi connectivity index (χ1v) is 19.1. The maximum Gasteiger partial charge on any atom is 0.337 e. The van der Waals surface area contributed by atoms with Gasteiger partial charge in [0, 0.05) is 0 Å². The lowest BCUT2D eigenvalue weighted by atomic mass is 10.1. The number of sulfonamides is 2. The quantitative estimate of drug-likeness (QED) is 0.0711. The van der Waals surface area contributed by atoms with E-state index in [9.17, 15) is 31.5 Å². The van der Waals surface area contributed by atoms with Crippen molar-refractivity contribution in [3.05, 3.63) is 137 Å². The van der Waals surface area contributed by atoms with E-state index in [4.69, 9.17) is 50.4 Å². The number of carboxylic acids is 2. The second-order valence-electron chi connectivity index (χ2n) is 11.0. The third kappa shape index (κ3) is 12.2. The number of halogens is 1. The molecule has 0 fully saturated rings. The highest BCUT2D eigenvalue weighted by atomic mass is 35.5. The van der Waals surface area contributed by atoms with Crippen LogP contribution in [-0.2, 0) is 46.2 Å². The van der Waals surface area contributed by atoms with Crippen LogP contribution in [0.3, 0.4) is 0 Å². The molecule has 0 spiro atoms. The van der Waals surface area contributed by atoms with Crippen molar-refractivity contribution >= 4 is 60.6 Å². The Balaban J connectivity index is 0.000000212. The van der Waals surface area contributed by atoms with Gasteiger partial charge < -0.3 is 49.6 Å². The van der Waals surface area contributed by atoms with Gasteiger partial charge in [-0.05, 0) is 72.8 Å². The summed E-state index contributed by atoms with van der Waals surface area (Å²) < 4.78 is 66.9. The fraction of sp³-hybridized carbons (Fsp3) is 0.118. The number of nitrogens with one attached hydrogen (secondary N) is 3. The Labute approximate surface area is 319 Å². The molecule has 2 aromatic carbocycles. The minimum atomic E-state index is -4.16. The number of primary sulfonamides is 2. The molecule has 0 radical (unpaired) electrons. The predicted octanol–water partition coefficient (Wildman–Crippen LogP) is 5.07. The molecule has 6 aromatic rings. The summed E-state index contributed by atoms with van der Waals surface area (Å²) in [6, 6.07) is 18.4. The molecule has 0 saturated carbocycles. The van der Waals surface area contributed by atoms with Crippen molar-refractivity contribution in [3.63, 3.8) is 0 Å². The molecule has 0 aliphatic heterocycles. The van der Waals surface area contributed by atoms with E-state index in [2.05, 4.69) is 16.0 Å². The normalized spacial score (nSPS) is 11.1. The molecule has 0 unspecified atom stereocenters. The number of hydrogen-bond acceptors (Lipinski definition) is 14. The van der Waals surface area contributed by atoms with Crippen LogP contribution in [0.15, 0.2) is 125 Å². The highest BCUT2D eigenvalue weighted by Crippen LogP contribution is 2.31. The van der Waals surface area contributed by atoms with Gasteiger partial charge in [-0.1, -0.05) is 11.6 Å². The molecule has 0 saturated heterocycles. The molecular formula is C34H35ClN6O12S2. The summed E-state index contributed by atoms with van der Waals surface area (Å²) in [5.74, 6) is -0.0225. The lowest BCUT2D eigenvalue weighted by molar-refractivity contribution is 0.0686. The third-order valence-corrected chi connectivity index (χ3v) is 9.47. The highest BCUT2D eigenvalue weighted by Gasteiger charge is 2.22. The molecule has 0 bridgehead atoms. The standard InChI is InChI=1S/C17H17N3O6S.C12H11ClN2O5S.C5H7NO/c18-27(23,24)16-7-13(17(21)22)14(19-9-11-3-1-5-25-11)8-15(16)20-10-12-4-2-6-26-12;13-9-5-10(15-6-7-2-1-3-20-7)8(12(16)17)4-11(9)21(14,18)19;6-4-5-2-1-3-7-5/h1-8,19-20H,9-10H2,(H,21,22)(H2,18,23,24);1-5,15H,6H2,(H,16,17)(H2,14,18,19);1-3H,4,6H2. The first-order chi connectivity index (χ1) is 26.1. The van der Waals surface area contributed by atoms with E-state index in [0.717, 1.165) is 17.9 Å². The summed E-state index contributed by atoms with van der Waals surface area (Å²) in [5.41, 5.74) is 5.25. The van der Waals surface area contributed by atoms with Crippen LogP contribution in [0.4, 0.5) is 17.1 Å². The van der Waals surface area contributed by atoms with E-state index >= 15 is 0 Å². The van der Waals surface area contributed by atoms with Gasteiger partial charge in [0.2, 0.25) is 20.0 Å². The zero-order valence-corrected chi connectivity index (χ0v) is 30.9. The molecule has 0 aliphatic rings. The first-order valence-electron chi connectivity index (χ1n) is 15.6. The van der Waals surface area contributed by atoms with E-state index in [1.807, 2.05) is 12.1 Å². The predicted molar refractivity (Wildman–Crippen MR) is 199 cm³/mol. The van der Waals surface area contributed by atoms with Crippen LogP contribution < -0.4 is 32.0 Å². The summed E-state index contributed by atoms with van der Waals surface area (Å²) in [7, 11) is -8.26. The summed E-state index contributed by atoms with van der Waals surface area (Å²) >= 11 is 5.84. The van der Waals surface area contributed by atoms with Crippen molar-refractivity contribution in [1.29, 1.82) is 0 Å². The Bertz CT molecular complexity index is 2380. The number of rotatable bonds is 14. The minimum Gasteiger partial charge on any atom is -0.478 e. The number of nitrogens with two attached hydrogens (primary N) is 3. The lowest BCUT2D eigenvalue weighted by Gasteiger charge is -2.15. The Morgan fingerprint density at radius 3 is 1.27 bits per heavy atom. The maximum atomic E-state index is 11.9. The van der Waals surface area contributed by atoms with Crippen LogP contribution in [0.2, 0.25) is 5.02 Å². The maximum absolute atomic E-state index is 11.9. The van der Waals surface area contributed by atoms with Crippen LogP contribution in [0, 0.1) is 0 Å². The van der Waals surface area contributed by atoms with Gasteiger partial charge in [-0.15, -0.1) is 0 Å². The zero-order chi connectivity index (χ0) is 40.2. The molecule has 4 aromatic heterocycles. The van der Waals surface area contributed by atoms with Crippen molar-refractivity contribution in [2.45, 2.75) is 36.0 Å². The van der Waals surface area contributed by atoms with Crippen LogP contribution in [-0.4, -0.2) is 39.0 Å². The van der Waals surface area contributed by atoms with E-state index in [1.54, 1.807) is 42.7 Å². The van der Waals surface area contributed by atoms with E-state index in [1.165, 1.54) is 30.9 Å². The summed E-state index contributed by atoms with van der Waals surface area (Å²) in [6.45, 7) is 1.13. The molecule has 11 N–H and O–H groups in total. The average molecular weight is 819 g/mol. The van der Waals surface area contributed by atoms with E-state index in [0.29, 0.717) is 23.8 Å². The second kappa shape index (κ2) is 18.8.